The molecule has 1 fully saturated rings. The van der Waals surface area contributed by atoms with Crippen LogP contribution in [0.25, 0.3) is 0 Å². The van der Waals surface area contributed by atoms with E-state index in [9.17, 15) is 4.79 Å². The molecule has 1 saturated heterocycles. The third-order valence-corrected chi connectivity index (χ3v) is 10.4. The molecule has 100 valence electrons. The van der Waals surface area contributed by atoms with E-state index in [2.05, 4.69) is 13.8 Å². The van der Waals surface area contributed by atoms with Crippen LogP contribution in [-0.2, 0) is 25.6 Å². The maximum Gasteiger partial charge on any atom is 0.258 e. The molecule has 0 aromatic heterocycles. The molecule has 0 aromatic carbocycles. The molecular weight excluding hydrogens is 295 g/mol. The minimum absolute atomic E-state index is 0.0154. The molecule has 1 aliphatic rings. The van der Waals surface area contributed by atoms with Gasteiger partial charge in [-0.15, -0.1) is 0 Å². The van der Waals surface area contributed by atoms with Crippen LogP contribution in [0, 0.1) is 10.8 Å². The molecule has 0 bridgehead atoms. The standard InChI is InChI=1S/C10H19O3PS3/c1-9(2,3)8(11)16-17-14(15)12-6-10(4,5)7-13-14/h6-7H2,1-5H3. The van der Waals surface area contributed by atoms with Crippen LogP contribution < -0.4 is 0 Å². The van der Waals surface area contributed by atoms with Gasteiger partial charge in [-0.25, -0.2) is 0 Å². The van der Waals surface area contributed by atoms with Crippen molar-refractivity contribution < 1.29 is 13.8 Å². The van der Waals surface area contributed by atoms with Gasteiger partial charge in [0.05, 0.1) is 13.2 Å². The average Bonchev–Trinajstić information content (AvgIpc) is 2.19. The molecule has 0 unspecified atom stereocenters. The van der Waals surface area contributed by atoms with E-state index in [1.54, 1.807) is 0 Å². The summed E-state index contributed by atoms with van der Waals surface area (Å²) in [4.78, 5) is 11.8. The fraction of sp³-hybridized carbons (Fsp3) is 0.900. The zero-order valence-electron chi connectivity index (χ0n) is 10.8. The van der Waals surface area contributed by atoms with E-state index in [0.29, 0.717) is 13.2 Å². The summed E-state index contributed by atoms with van der Waals surface area (Å²) in [7, 11) is 2.45. The minimum atomic E-state index is -2.32. The largest absolute Gasteiger partial charge is 0.320 e. The molecule has 0 aliphatic carbocycles. The number of carbonyl (C=O) groups excluding carboxylic acids is 1. The lowest BCUT2D eigenvalue weighted by molar-refractivity contribution is -0.117. The molecule has 0 spiro atoms. The molecule has 1 heterocycles. The number of hydrogen-bond donors (Lipinski definition) is 0. The molecule has 1 aliphatic heterocycles. The first-order valence-electron chi connectivity index (χ1n) is 5.34. The van der Waals surface area contributed by atoms with Crippen LogP contribution >= 0.6 is 26.9 Å². The van der Waals surface area contributed by atoms with Crippen molar-refractivity contribution in [2.75, 3.05) is 13.2 Å². The maximum atomic E-state index is 11.8. The Labute approximate surface area is 116 Å². The number of hydrogen-bond acceptors (Lipinski definition) is 6. The maximum absolute atomic E-state index is 11.8. The van der Waals surface area contributed by atoms with Crippen LogP contribution in [0.2, 0.25) is 0 Å². The molecule has 3 nitrogen and oxygen atoms in total. The van der Waals surface area contributed by atoms with Crippen molar-refractivity contribution >= 4 is 43.8 Å². The summed E-state index contributed by atoms with van der Waals surface area (Å²) >= 11 is 5.35. The van der Waals surface area contributed by atoms with Gasteiger partial charge in [-0.1, -0.05) is 34.6 Å². The predicted octanol–water partition coefficient (Wildman–Crippen LogP) is 4.24. The van der Waals surface area contributed by atoms with Crippen LogP contribution in [0.4, 0.5) is 0 Å². The lowest BCUT2D eigenvalue weighted by Crippen LogP contribution is -2.28. The lowest BCUT2D eigenvalue weighted by Gasteiger charge is -2.35. The molecule has 0 aromatic rings. The highest BCUT2D eigenvalue weighted by Gasteiger charge is 2.35. The zero-order chi connectivity index (χ0) is 13.3. The van der Waals surface area contributed by atoms with Gasteiger partial charge in [0.1, 0.15) is 0 Å². The molecular formula is C10H19O3PS3. The second-order valence-corrected chi connectivity index (χ2v) is 13.8. The van der Waals surface area contributed by atoms with E-state index >= 15 is 0 Å². The molecule has 0 amide bonds. The summed E-state index contributed by atoms with van der Waals surface area (Å²) < 4.78 is 11.3. The second-order valence-electron chi connectivity index (χ2n) is 5.85. The predicted molar refractivity (Wildman–Crippen MR) is 79.6 cm³/mol. The number of rotatable bonds is 2. The van der Waals surface area contributed by atoms with E-state index in [0.717, 1.165) is 10.8 Å². The van der Waals surface area contributed by atoms with Gasteiger partial charge in [0.15, 0.2) is 0 Å². The Morgan fingerprint density at radius 2 is 1.76 bits per heavy atom. The summed E-state index contributed by atoms with van der Waals surface area (Å²) in [6.07, 6.45) is 0. The van der Waals surface area contributed by atoms with Crippen molar-refractivity contribution in [3.63, 3.8) is 0 Å². The summed E-state index contributed by atoms with van der Waals surface area (Å²) in [6.45, 7) is 11.0. The van der Waals surface area contributed by atoms with Crippen molar-refractivity contribution in [1.29, 1.82) is 0 Å². The van der Waals surface area contributed by atoms with Gasteiger partial charge < -0.3 is 9.05 Å². The zero-order valence-corrected chi connectivity index (χ0v) is 14.2. The Morgan fingerprint density at radius 3 is 2.18 bits per heavy atom. The highest BCUT2D eigenvalue weighted by molar-refractivity contribution is 9.06. The molecule has 0 saturated carbocycles. The smallest absolute Gasteiger partial charge is 0.258 e. The van der Waals surface area contributed by atoms with Crippen LogP contribution in [0.5, 0.6) is 0 Å². The third kappa shape index (κ3) is 5.21. The average molecular weight is 314 g/mol. The van der Waals surface area contributed by atoms with Crippen LogP contribution in [-0.4, -0.2) is 18.3 Å². The molecule has 0 N–H and O–H groups in total. The third-order valence-electron chi connectivity index (χ3n) is 2.04. The monoisotopic (exact) mass is 314 g/mol. The van der Waals surface area contributed by atoms with Gasteiger partial charge in [-0.2, -0.15) is 0 Å². The van der Waals surface area contributed by atoms with Gasteiger partial charge in [-0.3, -0.25) is 4.79 Å². The number of carbonyl (C=O) groups is 1. The lowest BCUT2D eigenvalue weighted by atomic mass is 9.97. The Bertz CT molecular complexity index is 335. The van der Waals surface area contributed by atoms with Crippen molar-refractivity contribution in [2.24, 2.45) is 10.8 Å². The normalized spacial score (nSPS) is 23.4. The fourth-order valence-electron chi connectivity index (χ4n) is 0.834. The first kappa shape index (κ1) is 16.0. The molecule has 1 rings (SSSR count). The Morgan fingerprint density at radius 1 is 1.29 bits per heavy atom. The van der Waals surface area contributed by atoms with E-state index in [1.807, 2.05) is 20.8 Å². The van der Waals surface area contributed by atoms with Crippen molar-refractivity contribution in [1.82, 2.24) is 0 Å². The Hall–Kier alpha value is 0.940. The van der Waals surface area contributed by atoms with Crippen LogP contribution in [0.15, 0.2) is 0 Å². The van der Waals surface area contributed by atoms with E-state index in [4.69, 9.17) is 20.9 Å². The van der Waals surface area contributed by atoms with E-state index in [1.165, 1.54) is 10.4 Å². The van der Waals surface area contributed by atoms with E-state index in [-0.39, 0.29) is 15.9 Å². The van der Waals surface area contributed by atoms with Crippen molar-refractivity contribution in [3.8, 4) is 0 Å². The summed E-state index contributed by atoms with van der Waals surface area (Å²) in [5.74, 6) is 0. The first-order valence-corrected chi connectivity index (χ1v) is 10.7. The van der Waals surface area contributed by atoms with Gasteiger partial charge in [-0.05, 0) is 22.6 Å². The highest BCUT2D eigenvalue weighted by atomic mass is 33.4. The fourth-order valence-corrected chi connectivity index (χ4v) is 7.56. The second kappa shape index (κ2) is 5.51. The van der Waals surface area contributed by atoms with Crippen molar-refractivity contribution in [2.45, 2.75) is 34.6 Å². The van der Waals surface area contributed by atoms with Gasteiger partial charge >= 0.3 is 0 Å². The SMILES string of the molecule is CC1(C)COP(=S)(SSC(=O)C(C)(C)C)OC1. The van der Waals surface area contributed by atoms with Crippen LogP contribution in [0.1, 0.15) is 34.6 Å². The van der Waals surface area contributed by atoms with Crippen molar-refractivity contribution in [3.05, 3.63) is 0 Å². The first-order chi connectivity index (χ1) is 7.54. The Kier molecular flexibility index (Phi) is 5.19. The molecule has 0 radical (unpaired) electrons. The quantitative estimate of drug-likeness (QED) is 0.560. The summed E-state index contributed by atoms with van der Waals surface area (Å²) in [5, 5.41) is 0.101. The molecule has 17 heavy (non-hydrogen) atoms. The van der Waals surface area contributed by atoms with Crippen LogP contribution in [0.3, 0.4) is 0 Å². The van der Waals surface area contributed by atoms with Gasteiger partial charge in [0, 0.05) is 21.2 Å². The topological polar surface area (TPSA) is 35.5 Å². The molecule has 7 heteroatoms. The summed E-state index contributed by atoms with van der Waals surface area (Å²) in [5.41, 5.74) is -2.67. The van der Waals surface area contributed by atoms with E-state index < -0.39 is 5.69 Å². The minimum Gasteiger partial charge on any atom is -0.320 e. The highest BCUT2D eigenvalue weighted by Crippen LogP contribution is 2.68. The van der Waals surface area contributed by atoms with Gasteiger partial charge in [0.25, 0.3) is 5.69 Å². The Balaban J connectivity index is 2.48. The summed E-state index contributed by atoms with van der Waals surface area (Å²) in [6, 6.07) is 0. The van der Waals surface area contributed by atoms with Gasteiger partial charge in [0.2, 0.25) is 5.12 Å². The molecule has 0 atom stereocenters.